The quantitative estimate of drug-likeness (QED) is 0.235. The molecule has 29 heavy (non-hydrogen) atoms. The van der Waals surface area contributed by atoms with Crippen LogP contribution in [0.5, 0.6) is 11.5 Å². The Kier molecular flexibility index (Phi) is 9.24. The number of benzene rings is 2. The Bertz CT molecular complexity index is 808. The van der Waals surface area contributed by atoms with Crippen molar-refractivity contribution in [1.82, 2.24) is 0 Å². The molecule has 0 saturated heterocycles. The van der Waals surface area contributed by atoms with Crippen LogP contribution < -0.4 is 9.47 Å². The van der Waals surface area contributed by atoms with Crippen molar-refractivity contribution >= 4 is 6.16 Å². The number of aryl methyl sites for hydroxylation is 2. The molecule has 2 aromatic rings. The summed E-state index contributed by atoms with van der Waals surface area (Å²) in [5.74, 6) is 1.20. The lowest BCUT2D eigenvalue weighted by Crippen LogP contribution is -2.16. The van der Waals surface area contributed by atoms with Crippen LogP contribution in [-0.4, -0.2) is 6.16 Å². The molecule has 0 aliphatic rings. The van der Waals surface area contributed by atoms with Gasteiger partial charge in [0.2, 0.25) is 0 Å². The Hall–Kier alpha value is -2.29. The van der Waals surface area contributed by atoms with Crippen molar-refractivity contribution in [1.29, 1.82) is 0 Å². The predicted molar refractivity (Wildman–Crippen MR) is 120 cm³/mol. The molecule has 2 aromatic carbocycles. The number of unbranched alkanes of at least 4 members (excludes halogenated alkanes) is 4. The number of ether oxygens (including phenoxy) is 2. The lowest BCUT2D eigenvalue weighted by Gasteiger charge is -2.16. The van der Waals surface area contributed by atoms with Crippen LogP contribution in [0.2, 0.25) is 0 Å². The fraction of sp³-hybridized carbons (Fsp3) is 0.500. The van der Waals surface area contributed by atoms with E-state index in [0.29, 0.717) is 11.5 Å². The van der Waals surface area contributed by atoms with E-state index in [1.807, 2.05) is 38.1 Å². The topological polar surface area (TPSA) is 35.5 Å². The van der Waals surface area contributed by atoms with Gasteiger partial charge in [-0.05, 0) is 86.4 Å². The molecule has 0 N–H and O–H groups in total. The maximum Gasteiger partial charge on any atom is 0.519 e. The summed E-state index contributed by atoms with van der Waals surface area (Å²) in [4.78, 5) is 12.5. The van der Waals surface area contributed by atoms with Gasteiger partial charge >= 0.3 is 6.16 Å². The fourth-order valence-corrected chi connectivity index (χ4v) is 3.58. The van der Waals surface area contributed by atoms with Crippen molar-refractivity contribution in [2.45, 2.75) is 86.0 Å². The van der Waals surface area contributed by atoms with Crippen molar-refractivity contribution in [2.24, 2.45) is 0 Å². The van der Waals surface area contributed by atoms with E-state index in [0.717, 1.165) is 42.4 Å². The zero-order chi connectivity index (χ0) is 21.2. The minimum atomic E-state index is -0.668. The summed E-state index contributed by atoms with van der Waals surface area (Å²) in [6.45, 7) is 10.5. The molecule has 158 valence electrons. The van der Waals surface area contributed by atoms with Crippen LogP contribution in [0.1, 0.15) is 80.2 Å². The SMILES string of the molecule is CCCCCc1cccc(OC(=O)Oc2ccc(C)c(C)c2C)c1CCCCC. The predicted octanol–water partition coefficient (Wildman–Crippen LogP) is 7.66. The van der Waals surface area contributed by atoms with E-state index in [2.05, 4.69) is 26.8 Å². The third kappa shape index (κ3) is 6.62. The summed E-state index contributed by atoms with van der Waals surface area (Å²) >= 11 is 0. The van der Waals surface area contributed by atoms with E-state index in [9.17, 15) is 4.79 Å². The molecule has 0 aliphatic carbocycles. The second-order valence-electron chi connectivity index (χ2n) is 7.89. The van der Waals surface area contributed by atoms with Gasteiger partial charge in [0.05, 0.1) is 0 Å². The largest absolute Gasteiger partial charge is 0.519 e. The van der Waals surface area contributed by atoms with Crippen LogP contribution in [0.15, 0.2) is 30.3 Å². The summed E-state index contributed by atoms with van der Waals surface area (Å²) in [5, 5.41) is 0. The maximum atomic E-state index is 12.5. The van der Waals surface area contributed by atoms with Gasteiger partial charge < -0.3 is 9.47 Å². The lowest BCUT2D eigenvalue weighted by molar-refractivity contribution is 0.151. The van der Waals surface area contributed by atoms with Gasteiger partial charge in [-0.25, -0.2) is 4.79 Å². The molecular formula is C26H36O3. The van der Waals surface area contributed by atoms with Gasteiger partial charge in [0.15, 0.2) is 0 Å². The molecule has 0 unspecified atom stereocenters. The van der Waals surface area contributed by atoms with Crippen LogP contribution in [0.4, 0.5) is 4.79 Å². The number of hydrogen-bond donors (Lipinski definition) is 0. The Labute approximate surface area is 176 Å². The number of carbonyl (C=O) groups excluding carboxylic acids is 1. The first-order chi connectivity index (χ1) is 14.0. The summed E-state index contributed by atoms with van der Waals surface area (Å²) in [5.41, 5.74) is 5.74. The molecule has 0 amide bonds. The summed E-state index contributed by atoms with van der Waals surface area (Å²) in [6.07, 6.45) is 8.31. The van der Waals surface area contributed by atoms with Crippen molar-refractivity contribution in [3.8, 4) is 11.5 Å². The first kappa shape index (κ1) is 23.0. The molecule has 3 nitrogen and oxygen atoms in total. The summed E-state index contributed by atoms with van der Waals surface area (Å²) in [6, 6.07) is 9.84. The van der Waals surface area contributed by atoms with Crippen LogP contribution in [0, 0.1) is 20.8 Å². The fourth-order valence-electron chi connectivity index (χ4n) is 3.58. The Morgan fingerprint density at radius 1 is 0.759 bits per heavy atom. The number of carbonyl (C=O) groups is 1. The number of hydrogen-bond acceptors (Lipinski definition) is 3. The molecular weight excluding hydrogens is 360 g/mol. The first-order valence-electron chi connectivity index (χ1n) is 11.0. The van der Waals surface area contributed by atoms with Crippen molar-refractivity contribution in [3.05, 3.63) is 58.1 Å². The normalized spacial score (nSPS) is 10.8. The third-order valence-corrected chi connectivity index (χ3v) is 5.70. The van der Waals surface area contributed by atoms with E-state index < -0.39 is 6.16 Å². The Morgan fingerprint density at radius 2 is 1.41 bits per heavy atom. The number of rotatable bonds is 10. The molecule has 0 bridgehead atoms. The van der Waals surface area contributed by atoms with Gasteiger partial charge in [-0.15, -0.1) is 0 Å². The summed E-state index contributed by atoms with van der Waals surface area (Å²) < 4.78 is 11.2. The van der Waals surface area contributed by atoms with Gasteiger partial charge in [-0.1, -0.05) is 57.7 Å². The zero-order valence-electron chi connectivity index (χ0n) is 18.8. The highest BCUT2D eigenvalue weighted by molar-refractivity contribution is 5.69. The van der Waals surface area contributed by atoms with Gasteiger partial charge in [-0.2, -0.15) is 0 Å². The van der Waals surface area contributed by atoms with Crippen LogP contribution in [0.25, 0.3) is 0 Å². The van der Waals surface area contributed by atoms with E-state index in [4.69, 9.17) is 9.47 Å². The second-order valence-corrected chi connectivity index (χ2v) is 7.89. The van der Waals surface area contributed by atoms with Crippen molar-refractivity contribution in [2.75, 3.05) is 0 Å². The highest BCUT2D eigenvalue weighted by atomic mass is 16.7. The standard InChI is InChI=1S/C26H36O3/c1-6-8-10-13-22-14-12-16-25(23(22)15-11-9-7-2)29-26(27)28-24-18-17-19(3)20(4)21(24)5/h12,14,16-18H,6-11,13,15H2,1-5H3. The maximum absolute atomic E-state index is 12.5. The molecule has 0 aromatic heterocycles. The molecule has 0 aliphatic heterocycles. The third-order valence-electron chi connectivity index (χ3n) is 5.70. The van der Waals surface area contributed by atoms with Gasteiger partial charge in [0.1, 0.15) is 11.5 Å². The molecule has 0 spiro atoms. The van der Waals surface area contributed by atoms with Gasteiger partial charge in [-0.3, -0.25) is 0 Å². The average molecular weight is 397 g/mol. The van der Waals surface area contributed by atoms with Crippen molar-refractivity contribution in [3.63, 3.8) is 0 Å². The molecule has 2 rings (SSSR count). The van der Waals surface area contributed by atoms with Gasteiger partial charge in [0.25, 0.3) is 0 Å². The Morgan fingerprint density at radius 3 is 2.10 bits per heavy atom. The van der Waals surface area contributed by atoms with E-state index in [1.165, 1.54) is 36.8 Å². The highest BCUT2D eigenvalue weighted by Gasteiger charge is 2.16. The van der Waals surface area contributed by atoms with Crippen molar-refractivity contribution < 1.29 is 14.3 Å². The van der Waals surface area contributed by atoms with Crippen LogP contribution in [0.3, 0.4) is 0 Å². The molecule has 0 heterocycles. The minimum Gasteiger partial charge on any atom is -0.394 e. The van der Waals surface area contributed by atoms with E-state index >= 15 is 0 Å². The van der Waals surface area contributed by atoms with Crippen LogP contribution >= 0.6 is 0 Å². The average Bonchev–Trinajstić information content (AvgIpc) is 2.70. The van der Waals surface area contributed by atoms with E-state index in [-0.39, 0.29) is 0 Å². The Balaban J connectivity index is 2.17. The second kappa shape index (κ2) is 11.6. The first-order valence-corrected chi connectivity index (χ1v) is 11.0. The lowest BCUT2D eigenvalue weighted by atomic mass is 9.96. The minimum absolute atomic E-state index is 0.560. The zero-order valence-corrected chi connectivity index (χ0v) is 18.8. The molecule has 0 radical (unpaired) electrons. The smallest absolute Gasteiger partial charge is 0.394 e. The monoisotopic (exact) mass is 396 g/mol. The molecule has 0 atom stereocenters. The molecule has 0 fully saturated rings. The molecule has 3 heteroatoms. The highest BCUT2D eigenvalue weighted by Crippen LogP contribution is 2.28. The van der Waals surface area contributed by atoms with Gasteiger partial charge in [0, 0.05) is 0 Å². The van der Waals surface area contributed by atoms with E-state index in [1.54, 1.807) is 0 Å². The van der Waals surface area contributed by atoms with Crippen LogP contribution in [-0.2, 0) is 12.8 Å². The summed E-state index contributed by atoms with van der Waals surface area (Å²) in [7, 11) is 0. The molecule has 0 saturated carbocycles.